The number of hydrogen-bond acceptors (Lipinski definition) is 5. The second-order valence-corrected chi connectivity index (χ2v) is 6.38. The van der Waals surface area contributed by atoms with E-state index in [2.05, 4.69) is 4.99 Å². The Balaban J connectivity index is 1.63. The molecule has 1 fully saturated rings. The summed E-state index contributed by atoms with van der Waals surface area (Å²) in [6.07, 6.45) is 2.32. The van der Waals surface area contributed by atoms with Crippen molar-refractivity contribution >= 4 is 28.9 Å². The van der Waals surface area contributed by atoms with Crippen molar-refractivity contribution in [2.45, 2.75) is 19.3 Å². The molecule has 2 aliphatic heterocycles. The van der Waals surface area contributed by atoms with E-state index in [1.54, 1.807) is 18.2 Å². The van der Waals surface area contributed by atoms with Crippen molar-refractivity contribution in [3.8, 4) is 0 Å². The van der Waals surface area contributed by atoms with Gasteiger partial charge in [0.2, 0.25) is 0 Å². The van der Waals surface area contributed by atoms with E-state index in [0.29, 0.717) is 49.3 Å². The molecule has 0 amide bonds. The number of ether oxygens (including phenoxy) is 1. The summed E-state index contributed by atoms with van der Waals surface area (Å²) in [5.41, 5.74) is 1.55. The molecule has 0 atom stereocenters. The normalized spacial score (nSPS) is 18.2. The van der Waals surface area contributed by atoms with Crippen LogP contribution < -0.4 is 0 Å². The summed E-state index contributed by atoms with van der Waals surface area (Å²) < 4.78 is 5.32. The number of carbonyl (C=O) groups is 2. The van der Waals surface area contributed by atoms with Crippen LogP contribution in [0.1, 0.15) is 18.4 Å². The minimum atomic E-state index is 0.000727. The van der Waals surface area contributed by atoms with Crippen molar-refractivity contribution < 1.29 is 14.3 Å². The Bertz CT molecular complexity index is 689. The van der Waals surface area contributed by atoms with Crippen molar-refractivity contribution in [1.29, 1.82) is 0 Å². The molecule has 1 saturated heterocycles. The molecule has 0 saturated carbocycles. The molecular weight excluding hydrogens is 328 g/mol. The number of morpholine rings is 1. The summed E-state index contributed by atoms with van der Waals surface area (Å²) in [6, 6.07) is 7.22. The van der Waals surface area contributed by atoms with Crippen molar-refractivity contribution in [2.75, 3.05) is 26.3 Å². The summed E-state index contributed by atoms with van der Waals surface area (Å²) >= 11 is 5.85. The third kappa shape index (κ3) is 4.52. The van der Waals surface area contributed by atoms with Crippen molar-refractivity contribution in [3.63, 3.8) is 0 Å². The number of rotatable bonds is 5. The van der Waals surface area contributed by atoms with E-state index in [4.69, 9.17) is 16.3 Å². The molecule has 126 valence electrons. The first-order valence-electron chi connectivity index (χ1n) is 8.00. The van der Waals surface area contributed by atoms with Crippen LogP contribution >= 0.6 is 11.6 Å². The molecule has 0 radical (unpaired) electrons. The molecule has 2 heterocycles. The van der Waals surface area contributed by atoms with Gasteiger partial charge in [-0.15, -0.1) is 0 Å². The van der Waals surface area contributed by atoms with Gasteiger partial charge in [0, 0.05) is 49.2 Å². The van der Waals surface area contributed by atoms with Crippen LogP contribution in [-0.4, -0.2) is 48.5 Å². The number of hydrogen-bond donors (Lipinski definition) is 0. The van der Waals surface area contributed by atoms with Gasteiger partial charge in [-0.3, -0.25) is 9.59 Å². The van der Waals surface area contributed by atoms with E-state index < -0.39 is 0 Å². The topological polar surface area (TPSA) is 59.0 Å². The highest BCUT2D eigenvalue weighted by Crippen LogP contribution is 2.17. The first-order valence-corrected chi connectivity index (χ1v) is 8.38. The van der Waals surface area contributed by atoms with Gasteiger partial charge < -0.3 is 9.64 Å². The minimum Gasteiger partial charge on any atom is -0.378 e. The van der Waals surface area contributed by atoms with Gasteiger partial charge in [-0.05, 0) is 17.7 Å². The number of allylic oxidation sites excluding steroid dienone is 1. The van der Waals surface area contributed by atoms with Crippen molar-refractivity contribution in [1.82, 2.24) is 4.90 Å². The van der Waals surface area contributed by atoms with Gasteiger partial charge >= 0.3 is 0 Å². The Morgan fingerprint density at radius 2 is 1.88 bits per heavy atom. The summed E-state index contributed by atoms with van der Waals surface area (Å²) in [4.78, 5) is 30.8. The maximum atomic E-state index is 12.3. The molecule has 2 aliphatic rings. The number of Topliss-reactive ketones (excluding diaryl/α,β-unsaturated/α-hetero) is 1. The summed E-state index contributed by atoms with van der Waals surface area (Å²) in [5.74, 6) is 0.705. The van der Waals surface area contributed by atoms with Gasteiger partial charge in [-0.2, -0.15) is 0 Å². The van der Waals surface area contributed by atoms with Gasteiger partial charge in [0.15, 0.2) is 5.78 Å². The molecular formula is C18H19ClN2O3. The zero-order valence-electron chi connectivity index (χ0n) is 13.3. The first-order chi connectivity index (χ1) is 11.6. The smallest absolute Gasteiger partial charge is 0.164 e. The van der Waals surface area contributed by atoms with Crippen LogP contribution in [0.4, 0.5) is 0 Å². The van der Waals surface area contributed by atoms with Crippen molar-refractivity contribution in [3.05, 3.63) is 46.7 Å². The Morgan fingerprint density at radius 1 is 1.17 bits per heavy atom. The molecule has 6 heteroatoms. The lowest BCUT2D eigenvalue weighted by molar-refractivity contribution is -0.117. The van der Waals surface area contributed by atoms with Crippen LogP contribution in [0.2, 0.25) is 5.02 Å². The lowest BCUT2D eigenvalue weighted by Gasteiger charge is -2.30. The highest BCUT2D eigenvalue weighted by Gasteiger charge is 2.21. The van der Waals surface area contributed by atoms with Gasteiger partial charge in [0.1, 0.15) is 11.6 Å². The lowest BCUT2D eigenvalue weighted by Crippen LogP contribution is -2.36. The number of halogens is 1. The number of carbonyl (C=O) groups excluding carboxylic acids is 2. The zero-order chi connectivity index (χ0) is 16.9. The molecule has 24 heavy (non-hydrogen) atoms. The van der Waals surface area contributed by atoms with Crippen LogP contribution in [0.25, 0.3) is 0 Å². The van der Waals surface area contributed by atoms with E-state index in [9.17, 15) is 9.59 Å². The molecule has 3 rings (SSSR count). The zero-order valence-corrected chi connectivity index (χ0v) is 14.1. The van der Waals surface area contributed by atoms with E-state index in [1.807, 2.05) is 17.0 Å². The van der Waals surface area contributed by atoms with Crippen molar-refractivity contribution in [2.24, 2.45) is 4.99 Å². The largest absolute Gasteiger partial charge is 0.378 e. The van der Waals surface area contributed by atoms with Crippen LogP contribution in [0.3, 0.4) is 0 Å². The molecule has 1 aromatic carbocycles. The van der Waals surface area contributed by atoms with Gasteiger partial charge in [0.05, 0.1) is 13.2 Å². The second kappa shape index (κ2) is 7.73. The van der Waals surface area contributed by atoms with Crippen LogP contribution in [-0.2, 0) is 20.7 Å². The average Bonchev–Trinajstić information content (AvgIpc) is 2.57. The Morgan fingerprint density at radius 3 is 2.58 bits per heavy atom. The molecule has 0 bridgehead atoms. The van der Waals surface area contributed by atoms with E-state index in [1.165, 1.54) is 0 Å². The monoisotopic (exact) mass is 346 g/mol. The lowest BCUT2D eigenvalue weighted by atomic mass is 10.0. The third-order valence-electron chi connectivity index (χ3n) is 3.99. The standard InChI is InChI=1S/C18H19ClN2O3/c19-14-3-1-13(2-4-14)9-16(22)10-15-11-17(23)12-18(20-15)21-5-7-24-8-6-21/h1-4,12H,5-11H2. The van der Waals surface area contributed by atoms with Gasteiger partial charge in [-0.25, -0.2) is 4.99 Å². The number of benzene rings is 1. The maximum Gasteiger partial charge on any atom is 0.164 e. The minimum absolute atomic E-state index is 0.000727. The number of ketones is 2. The average molecular weight is 347 g/mol. The molecule has 5 nitrogen and oxygen atoms in total. The Kier molecular flexibility index (Phi) is 5.43. The fourth-order valence-electron chi connectivity index (χ4n) is 2.81. The van der Waals surface area contributed by atoms with Gasteiger partial charge in [-0.1, -0.05) is 23.7 Å². The Labute approximate surface area is 146 Å². The number of aliphatic imine (C=N–C) groups is 1. The molecule has 0 unspecified atom stereocenters. The Hall–Kier alpha value is -1.98. The predicted octanol–water partition coefficient (Wildman–Crippen LogP) is 2.43. The van der Waals surface area contributed by atoms with Crippen LogP contribution in [0, 0.1) is 0 Å². The molecule has 0 aliphatic carbocycles. The fraction of sp³-hybridized carbons (Fsp3) is 0.389. The summed E-state index contributed by atoms with van der Waals surface area (Å²) in [7, 11) is 0. The van der Waals surface area contributed by atoms with Crippen LogP contribution in [0.5, 0.6) is 0 Å². The number of nitrogens with zero attached hydrogens (tertiary/aromatic N) is 2. The molecule has 0 aromatic heterocycles. The summed E-state index contributed by atoms with van der Waals surface area (Å²) in [6.45, 7) is 2.70. The third-order valence-corrected chi connectivity index (χ3v) is 4.24. The summed E-state index contributed by atoms with van der Waals surface area (Å²) in [5, 5.41) is 0.647. The predicted molar refractivity (Wildman–Crippen MR) is 92.3 cm³/mol. The second-order valence-electron chi connectivity index (χ2n) is 5.94. The molecule has 1 aromatic rings. The maximum absolute atomic E-state index is 12.3. The van der Waals surface area contributed by atoms with Crippen LogP contribution in [0.15, 0.2) is 41.2 Å². The molecule has 0 spiro atoms. The van der Waals surface area contributed by atoms with E-state index in [-0.39, 0.29) is 24.4 Å². The highest BCUT2D eigenvalue weighted by atomic mass is 35.5. The highest BCUT2D eigenvalue weighted by molar-refractivity contribution is 6.30. The van der Waals surface area contributed by atoms with E-state index >= 15 is 0 Å². The quantitative estimate of drug-likeness (QED) is 0.821. The molecule has 0 N–H and O–H groups in total. The fourth-order valence-corrected chi connectivity index (χ4v) is 2.93. The SMILES string of the molecule is O=C1C=C(N2CCOCC2)N=C(CC(=O)Cc2ccc(Cl)cc2)C1. The van der Waals surface area contributed by atoms with E-state index in [0.717, 1.165) is 5.56 Å². The van der Waals surface area contributed by atoms with Gasteiger partial charge in [0.25, 0.3) is 0 Å². The first kappa shape index (κ1) is 16.9.